The molecule has 4 aromatic rings. The highest BCUT2D eigenvalue weighted by molar-refractivity contribution is 7.98. The van der Waals surface area contributed by atoms with Crippen molar-refractivity contribution in [3.8, 4) is 0 Å². The molecular weight excluding hydrogens is 438 g/mol. The number of carboxylic acid groups (broad SMARTS) is 1. The Morgan fingerprint density at radius 1 is 1.29 bits per heavy atom. The Morgan fingerprint density at radius 3 is 2.68 bits per heavy atom. The van der Waals surface area contributed by atoms with Crippen LogP contribution in [-0.2, 0) is 20.1 Å². The summed E-state index contributed by atoms with van der Waals surface area (Å²) in [4.78, 5) is 47.6. The molecular formula is C20H21N5O4S2. The van der Waals surface area contributed by atoms with Gasteiger partial charge in [-0.15, -0.1) is 11.3 Å². The highest BCUT2D eigenvalue weighted by atomic mass is 32.2. The monoisotopic (exact) mass is 459 g/mol. The van der Waals surface area contributed by atoms with Gasteiger partial charge in [-0.05, 0) is 24.3 Å². The molecule has 0 saturated carbocycles. The van der Waals surface area contributed by atoms with E-state index in [1.54, 1.807) is 12.3 Å². The summed E-state index contributed by atoms with van der Waals surface area (Å²) in [7, 11) is 1.38. The lowest BCUT2D eigenvalue weighted by Crippen LogP contribution is -2.38. The molecule has 0 saturated heterocycles. The predicted octanol–water partition coefficient (Wildman–Crippen LogP) is 2.63. The van der Waals surface area contributed by atoms with Gasteiger partial charge in [-0.1, -0.05) is 25.6 Å². The molecule has 1 N–H and O–H groups in total. The van der Waals surface area contributed by atoms with Crippen LogP contribution in [0.15, 0.2) is 33.1 Å². The SMILES string of the molecule is CSc1nc2ncccc2n1Cc1sc2c(c1C(=O)O)c(=O)n(C)c(=O)n2CC(C)C. The summed E-state index contributed by atoms with van der Waals surface area (Å²) in [6, 6.07) is 3.67. The summed E-state index contributed by atoms with van der Waals surface area (Å²) in [5, 5.41) is 10.8. The molecule has 4 heterocycles. The number of carboxylic acids is 1. The summed E-state index contributed by atoms with van der Waals surface area (Å²) < 4.78 is 4.38. The third-order valence-electron chi connectivity index (χ3n) is 4.98. The van der Waals surface area contributed by atoms with Gasteiger partial charge in [-0.3, -0.25) is 13.9 Å². The summed E-state index contributed by atoms with van der Waals surface area (Å²) in [5.41, 5.74) is 0.238. The number of rotatable bonds is 6. The van der Waals surface area contributed by atoms with Gasteiger partial charge in [0.25, 0.3) is 5.56 Å². The number of thiophene rings is 1. The van der Waals surface area contributed by atoms with E-state index in [4.69, 9.17) is 0 Å². The Kier molecular flexibility index (Phi) is 5.48. The molecule has 0 fully saturated rings. The molecule has 4 aromatic heterocycles. The van der Waals surface area contributed by atoms with Crippen molar-refractivity contribution in [1.29, 1.82) is 0 Å². The smallest absolute Gasteiger partial charge is 0.337 e. The van der Waals surface area contributed by atoms with Gasteiger partial charge in [0.15, 0.2) is 10.8 Å². The van der Waals surface area contributed by atoms with Gasteiger partial charge in [0.05, 0.1) is 23.0 Å². The minimum atomic E-state index is -1.19. The lowest BCUT2D eigenvalue weighted by Gasteiger charge is -2.11. The molecule has 0 spiro atoms. The van der Waals surface area contributed by atoms with E-state index in [1.165, 1.54) is 34.7 Å². The van der Waals surface area contributed by atoms with Crippen molar-refractivity contribution < 1.29 is 9.90 Å². The third-order valence-corrected chi connectivity index (χ3v) is 6.85. The zero-order valence-corrected chi connectivity index (χ0v) is 19.1. The van der Waals surface area contributed by atoms with Gasteiger partial charge in [-0.2, -0.15) is 0 Å². The molecule has 0 bridgehead atoms. The van der Waals surface area contributed by atoms with Crippen LogP contribution < -0.4 is 11.2 Å². The number of hydrogen-bond donors (Lipinski definition) is 1. The molecule has 0 unspecified atom stereocenters. The van der Waals surface area contributed by atoms with E-state index in [0.717, 1.165) is 10.1 Å². The van der Waals surface area contributed by atoms with Crippen molar-refractivity contribution in [2.24, 2.45) is 13.0 Å². The quantitative estimate of drug-likeness (QED) is 0.441. The number of nitrogens with zero attached hydrogens (tertiary/aromatic N) is 5. The molecule has 31 heavy (non-hydrogen) atoms. The average molecular weight is 460 g/mol. The molecule has 9 nitrogen and oxygen atoms in total. The number of aromatic carboxylic acids is 1. The van der Waals surface area contributed by atoms with Crippen molar-refractivity contribution in [3.63, 3.8) is 0 Å². The molecule has 0 aliphatic carbocycles. The van der Waals surface area contributed by atoms with Crippen LogP contribution in [-0.4, -0.2) is 41.0 Å². The Bertz CT molecular complexity index is 1440. The van der Waals surface area contributed by atoms with E-state index in [1.807, 2.05) is 30.7 Å². The second-order valence-electron chi connectivity index (χ2n) is 7.57. The summed E-state index contributed by atoms with van der Waals surface area (Å²) in [6.07, 6.45) is 3.54. The van der Waals surface area contributed by atoms with E-state index >= 15 is 0 Å². The Morgan fingerprint density at radius 2 is 2.03 bits per heavy atom. The van der Waals surface area contributed by atoms with Crippen LogP contribution >= 0.6 is 23.1 Å². The predicted molar refractivity (Wildman–Crippen MR) is 122 cm³/mol. The van der Waals surface area contributed by atoms with Crippen LogP contribution in [0.25, 0.3) is 21.4 Å². The number of thioether (sulfide) groups is 1. The van der Waals surface area contributed by atoms with E-state index < -0.39 is 17.2 Å². The highest BCUT2D eigenvalue weighted by Crippen LogP contribution is 2.32. The Labute approximate surface area is 185 Å². The molecule has 0 amide bonds. The standard InChI is InChI=1S/C20H21N5O4S2/c1-10(2)8-25-17-14(16(26)23(3)20(25)29)13(18(27)28)12(31-17)9-24-11-6-5-7-21-15(11)22-19(24)30-4/h5-7,10H,8-9H2,1-4H3,(H,27,28). The Balaban J connectivity index is 2.03. The number of carbonyl (C=O) groups is 1. The first kappa shape index (κ1) is 21.3. The van der Waals surface area contributed by atoms with Crippen molar-refractivity contribution in [3.05, 3.63) is 49.6 Å². The summed E-state index contributed by atoms with van der Waals surface area (Å²) >= 11 is 2.60. The highest BCUT2D eigenvalue weighted by Gasteiger charge is 2.26. The van der Waals surface area contributed by atoms with E-state index in [2.05, 4.69) is 9.97 Å². The molecule has 11 heteroatoms. The van der Waals surface area contributed by atoms with Crippen molar-refractivity contribution in [2.45, 2.75) is 32.1 Å². The van der Waals surface area contributed by atoms with Gasteiger partial charge in [-0.25, -0.2) is 19.6 Å². The number of pyridine rings is 1. The van der Waals surface area contributed by atoms with Gasteiger partial charge < -0.3 is 9.67 Å². The fraction of sp³-hybridized carbons (Fsp3) is 0.350. The zero-order valence-electron chi connectivity index (χ0n) is 17.4. The average Bonchev–Trinajstić information content (AvgIpc) is 3.28. The first-order valence-corrected chi connectivity index (χ1v) is 11.6. The van der Waals surface area contributed by atoms with Gasteiger partial charge >= 0.3 is 11.7 Å². The van der Waals surface area contributed by atoms with Crippen LogP contribution in [0.1, 0.15) is 29.1 Å². The van der Waals surface area contributed by atoms with E-state index in [-0.39, 0.29) is 23.4 Å². The minimum absolute atomic E-state index is 0.0594. The second kappa shape index (κ2) is 7.97. The molecule has 162 valence electrons. The minimum Gasteiger partial charge on any atom is -0.478 e. The number of imidazole rings is 1. The maximum Gasteiger partial charge on any atom is 0.337 e. The van der Waals surface area contributed by atoms with Crippen LogP contribution in [0.3, 0.4) is 0 Å². The molecule has 0 aliphatic heterocycles. The van der Waals surface area contributed by atoms with Crippen LogP contribution in [0.5, 0.6) is 0 Å². The van der Waals surface area contributed by atoms with Gasteiger partial charge in [0, 0.05) is 24.7 Å². The number of hydrogen-bond acceptors (Lipinski definition) is 7. The fourth-order valence-corrected chi connectivity index (χ4v) is 5.47. The van der Waals surface area contributed by atoms with Crippen molar-refractivity contribution in [2.75, 3.05) is 6.26 Å². The molecule has 0 aromatic carbocycles. The molecule has 0 atom stereocenters. The number of fused-ring (bicyclic) bond motifs is 2. The number of aromatic nitrogens is 5. The second-order valence-corrected chi connectivity index (χ2v) is 9.42. The molecule has 0 radical (unpaired) electrons. The maximum atomic E-state index is 12.9. The topological polar surface area (TPSA) is 112 Å². The van der Waals surface area contributed by atoms with Gasteiger partial charge in [0.2, 0.25) is 0 Å². The fourth-order valence-electron chi connectivity index (χ4n) is 3.63. The summed E-state index contributed by atoms with van der Waals surface area (Å²) in [6.45, 7) is 4.52. The Hall–Kier alpha value is -2.92. The summed E-state index contributed by atoms with van der Waals surface area (Å²) in [5.74, 6) is -1.05. The van der Waals surface area contributed by atoms with Gasteiger partial charge in [0.1, 0.15) is 4.83 Å². The first-order chi connectivity index (χ1) is 14.7. The van der Waals surface area contributed by atoms with E-state index in [9.17, 15) is 19.5 Å². The van der Waals surface area contributed by atoms with E-state index in [0.29, 0.717) is 27.1 Å². The first-order valence-electron chi connectivity index (χ1n) is 9.58. The molecule has 0 aliphatic rings. The van der Waals surface area contributed by atoms with Crippen LogP contribution in [0, 0.1) is 5.92 Å². The van der Waals surface area contributed by atoms with Crippen molar-refractivity contribution >= 4 is 50.4 Å². The normalized spacial score (nSPS) is 11.8. The lowest BCUT2D eigenvalue weighted by molar-refractivity contribution is 0.0698. The van der Waals surface area contributed by atoms with Crippen LogP contribution in [0.2, 0.25) is 0 Å². The zero-order chi connectivity index (χ0) is 22.4. The molecule has 4 rings (SSSR count). The third kappa shape index (κ3) is 3.47. The maximum absolute atomic E-state index is 12.9. The van der Waals surface area contributed by atoms with Crippen molar-refractivity contribution in [1.82, 2.24) is 23.7 Å². The van der Waals surface area contributed by atoms with Crippen LogP contribution in [0.4, 0.5) is 0 Å². The largest absolute Gasteiger partial charge is 0.478 e. The lowest BCUT2D eigenvalue weighted by atomic mass is 10.1.